The zero-order chi connectivity index (χ0) is 22.0. The number of benzene rings is 1. The van der Waals surface area contributed by atoms with Crippen molar-refractivity contribution in [3.8, 4) is 5.82 Å². The number of amides is 1. The third-order valence-electron chi connectivity index (χ3n) is 4.87. The molecule has 1 aromatic carbocycles. The second kappa shape index (κ2) is 10.3. The van der Waals surface area contributed by atoms with Crippen molar-refractivity contribution in [2.75, 3.05) is 18.8 Å². The van der Waals surface area contributed by atoms with Crippen LogP contribution >= 0.6 is 35.6 Å². The highest BCUT2D eigenvalue weighted by molar-refractivity contribution is 6.37. The van der Waals surface area contributed by atoms with E-state index in [0.717, 1.165) is 25.9 Å². The first kappa shape index (κ1) is 23.9. The van der Waals surface area contributed by atoms with Gasteiger partial charge in [-0.15, -0.1) is 17.5 Å². The van der Waals surface area contributed by atoms with Gasteiger partial charge in [-0.05, 0) is 55.3 Å². The minimum absolute atomic E-state index is 0. The largest absolute Gasteiger partial charge is 0.378 e. The Bertz CT molecular complexity index is 1140. The molecule has 3 aromatic rings. The average molecular weight is 501 g/mol. The fraction of sp³-hybridized carbons (Fsp3) is 0.333. The maximum absolute atomic E-state index is 13.1. The van der Waals surface area contributed by atoms with Crippen LogP contribution in [0.3, 0.4) is 0 Å². The van der Waals surface area contributed by atoms with Crippen LogP contribution in [-0.2, 0) is 6.54 Å². The average Bonchev–Trinajstić information content (AvgIpc) is 3.47. The molecule has 1 fully saturated rings. The molecule has 0 aliphatic carbocycles. The van der Waals surface area contributed by atoms with Crippen LogP contribution in [0.5, 0.6) is 0 Å². The maximum atomic E-state index is 13.1. The van der Waals surface area contributed by atoms with E-state index in [1.165, 1.54) is 4.68 Å². The molecule has 2 aromatic heterocycles. The molecule has 3 heterocycles. The fourth-order valence-corrected chi connectivity index (χ4v) is 3.86. The highest BCUT2D eigenvalue weighted by Crippen LogP contribution is 2.22. The van der Waals surface area contributed by atoms with Gasteiger partial charge in [0.1, 0.15) is 5.69 Å². The molecular weight excluding hydrogens is 481 g/mol. The molecule has 170 valence electrons. The van der Waals surface area contributed by atoms with E-state index in [2.05, 4.69) is 40.7 Å². The van der Waals surface area contributed by atoms with Gasteiger partial charge in [-0.2, -0.15) is 9.78 Å². The van der Waals surface area contributed by atoms with Crippen molar-refractivity contribution < 1.29 is 9.42 Å². The summed E-state index contributed by atoms with van der Waals surface area (Å²) in [5.74, 6) is -0.475. The zero-order valence-electron chi connectivity index (χ0n) is 17.0. The minimum Gasteiger partial charge on any atom is -0.378 e. The Hall–Kier alpha value is -2.73. The molecule has 1 aliphatic rings. The Kier molecular flexibility index (Phi) is 7.67. The number of nitrogens with zero attached hydrogens (tertiary/aromatic N) is 7. The second-order valence-electron chi connectivity index (χ2n) is 7.02. The highest BCUT2D eigenvalue weighted by Gasteiger charge is 2.27. The maximum Gasteiger partial charge on any atom is 0.292 e. The molecular formula is C18H20Cl3N9O2. The van der Waals surface area contributed by atoms with Crippen molar-refractivity contribution in [1.29, 1.82) is 0 Å². The molecule has 1 amide bonds. The zero-order valence-corrected chi connectivity index (χ0v) is 19.3. The van der Waals surface area contributed by atoms with Crippen molar-refractivity contribution in [3.05, 3.63) is 45.2 Å². The summed E-state index contributed by atoms with van der Waals surface area (Å²) in [6.07, 6.45) is 2.20. The first-order chi connectivity index (χ1) is 14.9. The molecule has 1 aliphatic heterocycles. The Morgan fingerprint density at radius 1 is 1.28 bits per heavy atom. The summed E-state index contributed by atoms with van der Waals surface area (Å²) in [5.41, 5.74) is 10.1. The van der Waals surface area contributed by atoms with E-state index >= 15 is 0 Å². The normalized spacial score (nSPS) is 14.4. The van der Waals surface area contributed by atoms with Gasteiger partial charge >= 0.3 is 0 Å². The number of halogens is 3. The summed E-state index contributed by atoms with van der Waals surface area (Å²) < 4.78 is 5.85. The van der Waals surface area contributed by atoms with E-state index in [1.54, 1.807) is 25.1 Å². The number of hydrogen-bond acceptors (Lipinski definition) is 9. The number of rotatable bonds is 6. The van der Waals surface area contributed by atoms with Gasteiger partial charge in [-0.1, -0.05) is 34.5 Å². The Balaban J connectivity index is 0.00000289. The molecule has 0 atom stereocenters. The fourth-order valence-electron chi connectivity index (χ4n) is 3.32. The molecule has 0 bridgehead atoms. The summed E-state index contributed by atoms with van der Waals surface area (Å²) in [6, 6.07) is 5.02. The number of aromatic nitrogens is 5. The third-order valence-corrected chi connectivity index (χ3v) is 5.42. The molecule has 0 saturated carbocycles. The number of nitrogen functional groups attached to an aromatic ring is 1. The lowest BCUT2D eigenvalue weighted by molar-refractivity contribution is 0.0945. The third kappa shape index (κ3) is 5.01. The van der Waals surface area contributed by atoms with E-state index in [1.807, 2.05) is 0 Å². The topological polar surface area (TPSA) is 140 Å². The van der Waals surface area contributed by atoms with Crippen molar-refractivity contribution >= 4 is 53.0 Å². The molecule has 14 heteroatoms. The van der Waals surface area contributed by atoms with Gasteiger partial charge in [0, 0.05) is 17.1 Å². The van der Waals surface area contributed by atoms with Gasteiger partial charge in [-0.3, -0.25) is 9.69 Å². The lowest BCUT2D eigenvalue weighted by atomic mass is 10.1. The van der Waals surface area contributed by atoms with Gasteiger partial charge in [0.15, 0.2) is 5.69 Å². The predicted octanol–water partition coefficient (Wildman–Crippen LogP) is 2.71. The van der Waals surface area contributed by atoms with Crippen LogP contribution in [0.1, 0.15) is 41.5 Å². The number of hydrazone groups is 1. The number of nitrogens with one attached hydrogen (secondary N) is 1. The lowest BCUT2D eigenvalue weighted by Gasteiger charge is -2.13. The van der Waals surface area contributed by atoms with Crippen LogP contribution in [0.25, 0.3) is 5.82 Å². The standard InChI is InChI=1S/C18H19Cl2N9O2.ClH/c1-10(12-5-4-11(19)8-13(12)20)22-24-18(30)15-14(9-28-6-2-3-7-28)23-27-29(15)17-16(21)25-31-26-17;/h4-5,8H,2-3,6-7,9H2,1H3,(H2,21,25)(H,24,30);1H/b22-10+;. The number of anilines is 1. The molecule has 3 N–H and O–H groups in total. The first-order valence-corrected chi connectivity index (χ1v) is 10.2. The van der Waals surface area contributed by atoms with E-state index in [0.29, 0.717) is 33.6 Å². The van der Waals surface area contributed by atoms with Crippen LogP contribution in [0.4, 0.5) is 5.82 Å². The van der Waals surface area contributed by atoms with Crippen LogP contribution in [0.2, 0.25) is 10.0 Å². The number of likely N-dealkylation sites (tertiary alicyclic amines) is 1. The summed E-state index contributed by atoms with van der Waals surface area (Å²) in [5, 5.41) is 20.6. The Morgan fingerprint density at radius 3 is 2.69 bits per heavy atom. The van der Waals surface area contributed by atoms with Gasteiger partial charge < -0.3 is 5.73 Å². The monoisotopic (exact) mass is 499 g/mol. The van der Waals surface area contributed by atoms with Gasteiger partial charge in [0.2, 0.25) is 11.6 Å². The van der Waals surface area contributed by atoms with E-state index < -0.39 is 5.91 Å². The number of nitrogens with two attached hydrogens (primary N) is 1. The second-order valence-corrected chi connectivity index (χ2v) is 7.86. The van der Waals surface area contributed by atoms with Gasteiger partial charge in [0.25, 0.3) is 5.91 Å². The molecule has 0 radical (unpaired) electrons. The van der Waals surface area contributed by atoms with Crippen LogP contribution in [0, 0.1) is 0 Å². The Morgan fingerprint density at radius 2 is 2.03 bits per heavy atom. The lowest BCUT2D eigenvalue weighted by Crippen LogP contribution is -2.26. The van der Waals surface area contributed by atoms with Crippen molar-refractivity contribution in [1.82, 2.24) is 35.6 Å². The van der Waals surface area contributed by atoms with Gasteiger partial charge in [-0.25, -0.2) is 10.1 Å². The summed E-state index contributed by atoms with van der Waals surface area (Å²) >= 11 is 12.2. The molecule has 1 saturated heterocycles. The number of carbonyl (C=O) groups is 1. The SMILES string of the molecule is C/C(=N\NC(=O)c1c(CN2CCCC2)nnn1-c1nonc1N)c1ccc(Cl)cc1Cl.Cl. The predicted molar refractivity (Wildman–Crippen MR) is 122 cm³/mol. The first-order valence-electron chi connectivity index (χ1n) is 9.49. The molecule has 0 unspecified atom stereocenters. The molecule has 0 spiro atoms. The van der Waals surface area contributed by atoms with E-state index in [9.17, 15) is 4.79 Å². The van der Waals surface area contributed by atoms with Gasteiger partial charge in [0.05, 0.1) is 10.7 Å². The summed E-state index contributed by atoms with van der Waals surface area (Å²) in [7, 11) is 0. The molecule has 32 heavy (non-hydrogen) atoms. The molecule has 11 nitrogen and oxygen atoms in total. The van der Waals surface area contributed by atoms with E-state index in [4.69, 9.17) is 28.9 Å². The van der Waals surface area contributed by atoms with Crippen molar-refractivity contribution in [2.45, 2.75) is 26.3 Å². The van der Waals surface area contributed by atoms with E-state index in [-0.39, 0.29) is 29.7 Å². The van der Waals surface area contributed by atoms with Crippen LogP contribution in [-0.4, -0.2) is 54.9 Å². The highest BCUT2D eigenvalue weighted by atomic mass is 35.5. The summed E-state index contributed by atoms with van der Waals surface area (Å²) in [6.45, 7) is 4.02. The van der Waals surface area contributed by atoms with Crippen molar-refractivity contribution in [2.24, 2.45) is 5.10 Å². The summed E-state index contributed by atoms with van der Waals surface area (Å²) in [4.78, 5) is 15.3. The Labute approximate surface area is 199 Å². The number of carbonyl (C=O) groups excluding carboxylic acids is 1. The molecule has 4 rings (SSSR count). The van der Waals surface area contributed by atoms with Crippen LogP contribution < -0.4 is 11.2 Å². The quantitative estimate of drug-likeness (QED) is 0.389. The smallest absolute Gasteiger partial charge is 0.292 e. The van der Waals surface area contributed by atoms with Crippen LogP contribution in [0.15, 0.2) is 27.9 Å². The number of hydrogen-bond donors (Lipinski definition) is 2. The van der Waals surface area contributed by atoms with Crippen molar-refractivity contribution in [3.63, 3.8) is 0 Å². The minimum atomic E-state index is -0.536.